The number of aryl methyl sites for hydroxylation is 1. The molecule has 0 saturated heterocycles. The Morgan fingerprint density at radius 3 is 2.62 bits per heavy atom. The van der Waals surface area contributed by atoms with Gasteiger partial charge >= 0.3 is 0 Å². The normalized spacial score (nSPS) is 10.4. The summed E-state index contributed by atoms with van der Waals surface area (Å²) in [5.74, 6) is 1.21. The van der Waals surface area contributed by atoms with Crippen molar-refractivity contribution >= 4 is 17.5 Å². The molecule has 1 amide bonds. The molecule has 2 heterocycles. The standard InChI is InChI=1S/C17H17N5O2/c1-12-9-15(22-24-12)21-17(23)14-10-20-16(11-19-14)18-8-7-13-5-3-2-4-6-13/h2-6,9-11H,7-8H2,1H3,(H,18,20)(H,21,22,23). The molecule has 3 aromatic rings. The third-order valence-electron chi connectivity index (χ3n) is 3.32. The van der Waals surface area contributed by atoms with E-state index < -0.39 is 0 Å². The van der Waals surface area contributed by atoms with Gasteiger partial charge in [-0.15, -0.1) is 0 Å². The lowest BCUT2D eigenvalue weighted by atomic mass is 10.1. The zero-order valence-electron chi connectivity index (χ0n) is 13.2. The first-order valence-corrected chi connectivity index (χ1v) is 7.55. The third kappa shape index (κ3) is 4.16. The van der Waals surface area contributed by atoms with Gasteiger partial charge in [-0.25, -0.2) is 9.97 Å². The third-order valence-corrected chi connectivity index (χ3v) is 3.32. The second kappa shape index (κ2) is 7.36. The van der Waals surface area contributed by atoms with Crippen LogP contribution >= 0.6 is 0 Å². The average Bonchev–Trinajstić information content (AvgIpc) is 3.01. The van der Waals surface area contributed by atoms with Crippen molar-refractivity contribution in [3.05, 3.63) is 65.8 Å². The molecule has 0 aliphatic heterocycles. The van der Waals surface area contributed by atoms with Crippen molar-refractivity contribution in [1.29, 1.82) is 0 Å². The van der Waals surface area contributed by atoms with Crippen LogP contribution in [0.15, 0.2) is 53.3 Å². The molecule has 2 aromatic heterocycles. The van der Waals surface area contributed by atoms with Crippen LogP contribution in [-0.4, -0.2) is 27.6 Å². The molecule has 122 valence electrons. The molecule has 0 radical (unpaired) electrons. The molecule has 3 rings (SSSR count). The van der Waals surface area contributed by atoms with E-state index in [0.29, 0.717) is 17.4 Å². The number of hydrogen-bond donors (Lipinski definition) is 2. The Morgan fingerprint density at radius 2 is 1.96 bits per heavy atom. The van der Waals surface area contributed by atoms with Crippen LogP contribution < -0.4 is 10.6 Å². The lowest BCUT2D eigenvalue weighted by molar-refractivity contribution is 0.102. The van der Waals surface area contributed by atoms with Crippen LogP contribution in [0.4, 0.5) is 11.6 Å². The summed E-state index contributed by atoms with van der Waals surface area (Å²) in [6, 6.07) is 11.8. The molecule has 0 atom stereocenters. The molecule has 7 nitrogen and oxygen atoms in total. The van der Waals surface area contributed by atoms with E-state index in [1.165, 1.54) is 18.0 Å². The number of carbonyl (C=O) groups is 1. The van der Waals surface area contributed by atoms with Crippen molar-refractivity contribution < 1.29 is 9.32 Å². The van der Waals surface area contributed by atoms with E-state index in [0.717, 1.165) is 13.0 Å². The summed E-state index contributed by atoms with van der Waals surface area (Å²) in [4.78, 5) is 20.3. The van der Waals surface area contributed by atoms with Crippen LogP contribution in [0.25, 0.3) is 0 Å². The minimum atomic E-state index is -0.383. The minimum Gasteiger partial charge on any atom is -0.368 e. The largest absolute Gasteiger partial charge is 0.368 e. The number of aromatic nitrogens is 3. The Morgan fingerprint density at radius 1 is 1.12 bits per heavy atom. The lowest BCUT2D eigenvalue weighted by Crippen LogP contribution is -2.15. The number of carbonyl (C=O) groups excluding carboxylic acids is 1. The van der Waals surface area contributed by atoms with Crippen LogP contribution in [-0.2, 0) is 6.42 Å². The molecule has 7 heteroatoms. The minimum absolute atomic E-state index is 0.212. The molecule has 24 heavy (non-hydrogen) atoms. The number of benzene rings is 1. The zero-order chi connectivity index (χ0) is 16.8. The number of nitrogens with one attached hydrogen (secondary N) is 2. The lowest BCUT2D eigenvalue weighted by Gasteiger charge is -2.06. The van der Waals surface area contributed by atoms with Crippen molar-refractivity contribution in [1.82, 2.24) is 15.1 Å². The fourth-order valence-electron chi connectivity index (χ4n) is 2.12. The smallest absolute Gasteiger partial charge is 0.277 e. The van der Waals surface area contributed by atoms with Gasteiger partial charge in [-0.05, 0) is 18.9 Å². The van der Waals surface area contributed by atoms with Crippen LogP contribution in [0.5, 0.6) is 0 Å². The Balaban J connectivity index is 1.52. The predicted molar refractivity (Wildman–Crippen MR) is 89.9 cm³/mol. The Kier molecular flexibility index (Phi) is 4.81. The van der Waals surface area contributed by atoms with Gasteiger partial charge in [-0.1, -0.05) is 35.5 Å². The fourth-order valence-corrected chi connectivity index (χ4v) is 2.12. The van der Waals surface area contributed by atoms with Gasteiger partial charge in [0, 0.05) is 12.6 Å². The van der Waals surface area contributed by atoms with Gasteiger partial charge in [0.05, 0.1) is 12.4 Å². The second-order valence-corrected chi connectivity index (χ2v) is 5.23. The van der Waals surface area contributed by atoms with Gasteiger partial charge < -0.3 is 15.2 Å². The van der Waals surface area contributed by atoms with Gasteiger partial charge in [0.15, 0.2) is 5.82 Å². The Hall–Kier alpha value is -3.22. The van der Waals surface area contributed by atoms with Gasteiger partial charge in [0.2, 0.25) is 0 Å². The highest BCUT2D eigenvalue weighted by atomic mass is 16.5. The van der Waals surface area contributed by atoms with Gasteiger partial charge in [0.25, 0.3) is 5.91 Å². The number of nitrogens with zero attached hydrogens (tertiary/aromatic N) is 3. The summed E-state index contributed by atoms with van der Waals surface area (Å²) in [6.45, 7) is 2.49. The summed E-state index contributed by atoms with van der Waals surface area (Å²) in [5, 5.41) is 9.48. The Labute approximate surface area is 139 Å². The highest BCUT2D eigenvalue weighted by Gasteiger charge is 2.10. The van der Waals surface area contributed by atoms with Crippen molar-refractivity contribution in [2.24, 2.45) is 0 Å². The zero-order valence-corrected chi connectivity index (χ0v) is 13.2. The van der Waals surface area contributed by atoms with Crippen LogP contribution in [0.1, 0.15) is 21.8 Å². The van der Waals surface area contributed by atoms with Crippen molar-refractivity contribution in [3.8, 4) is 0 Å². The van der Waals surface area contributed by atoms with Gasteiger partial charge in [-0.3, -0.25) is 4.79 Å². The monoisotopic (exact) mass is 323 g/mol. The maximum Gasteiger partial charge on any atom is 0.277 e. The van der Waals surface area contributed by atoms with E-state index in [-0.39, 0.29) is 11.6 Å². The van der Waals surface area contributed by atoms with E-state index in [4.69, 9.17) is 4.52 Å². The molecule has 0 spiro atoms. The molecule has 0 aliphatic rings. The SMILES string of the molecule is Cc1cc(NC(=O)c2cnc(NCCc3ccccc3)cn2)no1. The predicted octanol–water partition coefficient (Wildman–Crippen LogP) is 2.68. The summed E-state index contributed by atoms with van der Waals surface area (Å²) >= 11 is 0. The van der Waals surface area contributed by atoms with Crippen LogP contribution in [0, 0.1) is 6.92 Å². The maximum atomic E-state index is 12.0. The van der Waals surface area contributed by atoms with E-state index >= 15 is 0 Å². The molecule has 0 aliphatic carbocycles. The van der Waals surface area contributed by atoms with E-state index in [2.05, 4.69) is 37.9 Å². The molecule has 0 saturated carbocycles. The summed E-state index contributed by atoms with van der Waals surface area (Å²) in [5.41, 5.74) is 1.46. The first-order chi connectivity index (χ1) is 11.7. The summed E-state index contributed by atoms with van der Waals surface area (Å²) in [7, 11) is 0. The highest BCUT2D eigenvalue weighted by molar-refractivity contribution is 6.02. The number of rotatable bonds is 6. The number of anilines is 2. The fraction of sp³-hybridized carbons (Fsp3) is 0.176. The number of hydrogen-bond acceptors (Lipinski definition) is 6. The first kappa shape index (κ1) is 15.7. The Bertz CT molecular complexity index is 799. The van der Waals surface area contributed by atoms with Crippen molar-refractivity contribution in [2.75, 3.05) is 17.2 Å². The van der Waals surface area contributed by atoms with Crippen molar-refractivity contribution in [3.63, 3.8) is 0 Å². The molecule has 0 unspecified atom stereocenters. The maximum absolute atomic E-state index is 12.0. The van der Waals surface area contributed by atoms with E-state index in [1.807, 2.05) is 18.2 Å². The molecule has 0 bridgehead atoms. The summed E-state index contributed by atoms with van der Waals surface area (Å²) in [6.07, 6.45) is 3.84. The molecular formula is C17H17N5O2. The quantitative estimate of drug-likeness (QED) is 0.724. The number of amides is 1. The molecule has 1 aromatic carbocycles. The van der Waals surface area contributed by atoms with E-state index in [1.54, 1.807) is 13.0 Å². The van der Waals surface area contributed by atoms with Gasteiger partial charge in [-0.2, -0.15) is 0 Å². The van der Waals surface area contributed by atoms with E-state index in [9.17, 15) is 4.79 Å². The summed E-state index contributed by atoms with van der Waals surface area (Å²) < 4.78 is 4.89. The second-order valence-electron chi connectivity index (χ2n) is 5.23. The molecular weight excluding hydrogens is 306 g/mol. The average molecular weight is 323 g/mol. The van der Waals surface area contributed by atoms with Gasteiger partial charge in [0.1, 0.15) is 17.3 Å². The van der Waals surface area contributed by atoms with Crippen LogP contribution in [0.2, 0.25) is 0 Å². The van der Waals surface area contributed by atoms with Crippen molar-refractivity contribution in [2.45, 2.75) is 13.3 Å². The topological polar surface area (TPSA) is 92.9 Å². The highest BCUT2D eigenvalue weighted by Crippen LogP contribution is 2.09. The molecule has 0 fully saturated rings. The van der Waals surface area contributed by atoms with Crippen LogP contribution in [0.3, 0.4) is 0 Å². The molecule has 2 N–H and O–H groups in total. The first-order valence-electron chi connectivity index (χ1n) is 7.55.